The summed E-state index contributed by atoms with van der Waals surface area (Å²) in [5.41, 5.74) is -0.937. The molecule has 0 aliphatic carbocycles. The lowest BCUT2D eigenvalue weighted by Gasteiger charge is -2.31. The number of sulfonamides is 1. The van der Waals surface area contributed by atoms with Crippen molar-refractivity contribution in [2.24, 2.45) is 5.92 Å². The van der Waals surface area contributed by atoms with Gasteiger partial charge in [0, 0.05) is 25.1 Å². The van der Waals surface area contributed by atoms with Crippen molar-refractivity contribution in [3.63, 3.8) is 0 Å². The van der Waals surface area contributed by atoms with Gasteiger partial charge in [0.1, 0.15) is 18.2 Å². The molecule has 1 fully saturated rings. The van der Waals surface area contributed by atoms with Crippen LogP contribution in [0.4, 0.5) is 17.6 Å². The molecule has 0 saturated carbocycles. The monoisotopic (exact) mass is 602 g/mol. The van der Waals surface area contributed by atoms with Crippen LogP contribution in [0.2, 0.25) is 0 Å². The van der Waals surface area contributed by atoms with Gasteiger partial charge in [-0.2, -0.15) is 13.1 Å². The van der Waals surface area contributed by atoms with E-state index in [0.717, 1.165) is 0 Å². The molecule has 41 heavy (non-hydrogen) atoms. The van der Waals surface area contributed by atoms with Gasteiger partial charge in [-0.15, -0.1) is 0 Å². The third-order valence-corrected chi connectivity index (χ3v) is 8.04. The molecule has 1 N–H and O–H groups in total. The number of Topliss-reactive ketones (excluding diaryl/α,β-unsaturated/α-hetero) is 1. The van der Waals surface area contributed by atoms with Crippen molar-refractivity contribution in [3.05, 3.63) is 59.7 Å². The van der Waals surface area contributed by atoms with E-state index in [1.54, 1.807) is 39.0 Å². The average molecular weight is 603 g/mol. The Morgan fingerprint density at radius 3 is 2.10 bits per heavy atom. The summed E-state index contributed by atoms with van der Waals surface area (Å²) in [5.74, 6) is -12.0. The van der Waals surface area contributed by atoms with E-state index in [-0.39, 0.29) is 36.9 Å². The SMILES string of the molecule is CC(C)(C)OC(=O)C[C@H](NC(=O)C1CCN(S(=O)(=O)c2ccccc2)CC1)C(=O)COc1c(F)c(F)cc(F)c1F. The molecule has 0 radical (unpaired) electrons. The van der Waals surface area contributed by atoms with E-state index in [4.69, 9.17) is 9.47 Å². The van der Waals surface area contributed by atoms with E-state index in [1.807, 2.05) is 0 Å². The topological polar surface area (TPSA) is 119 Å². The van der Waals surface area contributed by atoms with Gasteiger partial charge < -0.3 is 14.8 Å². The molecule has 1 heterocycles. The predicted octanol–water partition coefficient (Wildman–Crippen LogP) is 3.51. The standard InChI is InChI=1S/C27H30F4N2O7S/c1-27(2,3)40-22(35)14-20(21(34)15-39-25-23(30)18(28)13-19(29)24(25)31)32-26(36)16-9-11-33(12-10-16)41(37,38)17-7-5-4-6-8-17/h4-8,13,16,20H,9-12,14-15H2,1-3H3,(H,32,36)/t20-/m0/s1. The van der Waals surface area contributed by atoms with Crippen LogP contribution in [-0.4, -0.2) is 61.7 Å². The highest BCUT2D eigenvalue weighted by molar-refractivity contribution is 7.89. The normalized spacial score (nSPS) is 15.7. The van der Waals surface area contributed by atoms with Crippen LogP contribution >= 0.6 is 0 Å². The lowest BCUT2D eigenvalue weighted by Crippen LogP contribution is -2.49. The van der Waals surface area contributed by atoms with E-state index >= 15 is 0 Å². The summed E-state index contributed by atoms with van der Waals surface area (Å²) in [5, 5.41) is 2.40. The molecule has 0 spiro atoms. The van der Waals surface area contributed by atoms with Gasteiger partial charge >= 0.3 is 5.97 Å². The molecule has 0 unspecified atom stereocenters. The Kier molecular flexibility index (Phi) is 10.1. The fourth-order valence-corrected chi connectivity index (χ4v) is 5.60. The van der Waals surface area contributed by atoms with Crippen molar-refractivity contribution in [2.75, 3.05) is 19.7 Å². The Morgan fingerprint density at radius 1 is 1.00 bits per heavy atom. The number of piperidine rings is 1. The summed E-state index contributed by atoms with van der Waals surface area (Å²) in [4.78, 5) is 38.5. The number of amides is 1. The van der Waals surface area contributed by atoms with Crippen molar-refractivity contribution in [1.82, 2.24) is 9.62 Å². The number of rotatable bonds is 10. The Labute approximate surface area is 234 Å². The first-order valence-corrected chi connectivity index (χ1v) is 14.1. The van der Waals surface area contributed by atoms with Crippen LogP contribution in [0.5, 0.6) is 5.75 Å². The van der Waals surface area contributed by atoms with E-state index in [2.05, 4.69) is 5.32 Å². The van der Waals surface area contributed by atoms with Gasteiger partial charge in [-0.3, -0.25) is 14.4 Å². The first kappa shape index (κ1) is 32.0. The molecule has 2 aromatic rings. The zero-order chi connectivity index (χ0) is 30.5. The van der Waals surface area contributed by atoms with Crippen LogP contribution in [0.1, 0.15) is 40.0 Å². The Balaban J connectivity index is 1.70. The van der Waals surface area contributed by atoms with Gasteiger partial charge in [0.15, 0.2) is 23.2 Å². The van der Waals surface area contributed by atoms with Crippen LogP contribution in [0, 0.1) is 29.2 Å². The number of ether oxygens (including phenoxy) is 2. The fourth-order valence-electron chi connectivity index (χ4n) is 4.11. The first-order chi connectivity index (χ1) is 19.1. The second-order valence-electron chi connectivity index (χ2n) is 10.4. The van der Waals surface area contributed by atoms with E-state index < -0.39 is 87.3 Å². The Hall–Kier alpha value is -3.52. The summed E-state index contributed by atoms with van der Waals surface area (Å²) in [6.45, 7) is 3.62. The minimum absolute atomic E-state index is 0.0206. The van der Waals surface area contributed by atoms with Crippen molar-refractivity contribution in [2.45, 2.75) is 56.6 Å². The molecule has 224 valence electrons. The molecule has 14 heteroatoms. The second-order valence-corrected chi connectivity index (χ2v) is 12.3. The molecule has 0 aromatic heterocycles. The number of benzene rings is 2. The maximum absolute atomic E-state index is 14.0. The highest BCUT2D eigenvalue weighted by atomic mass is 32.2. The van der Waals surface area contributed by atoms with E-state index in [0.29, 0.717) is 0 Å². The van der Waals surface area contributed by atoms with Gasteiger partial charge in [0.25, 0.3) is 0 Å². The smallest absolute Gasteiger partial charge is 0.308 e. The molecule has 1 amide bonds. The zero-order valence-electron chi connectivity index (χ0n) is 22.6. The molecular formula is C27H30F4N2O7S. The number of nitrogens with one attached hydrogen (secondary N) is 1. The number of carbonyl (C=O) groups excluding carboxylic acids is 3. The van der Waals surface area contributed by atoms with Gasteiger partial charge in [0.05, 0.1) is 11.3 Å². The van der Waals surface area contributed by atoms with Gasteiger partial charge in [-0.25, -0.2) is 17.2 Å². The predicted molar refractivity (Wildman–Crippen MR) is 137 cm³/mol. The molecule has 1 atom stereocenters. The summed E-state index contributed by atoms with van der Waals surface area (Å²) in [6, 6.07) is 6.17. The average Bonchev–Trinajstić information content (AvgIpc) is 2.91. The van der Waals surface area contributed by atoms with Crippen molar-refractivity contribution in [1.29, 1.82) is 0 Å². The second kappa shape index (κ2) is 13.0. The molecule has 3 rings (SSSR count). The molecule has 0 bridgehead atoms. The summed E-state index contributed by atoms with van der Waals surface area (Å²) in [7, 11) is -3.77. The summed E-state index contributed by atoms with van der Waals surface area (Å²) < 4.78 is 91.8. The number of hydrogen-bond donors (Lipinski definition) is 1. The Bertz CT molecular complexity index is 1360. The summed E-state index contributed by atoms with van der Waals surface area (Å²) in [6.07, 6.45) is -0.448. The quantitative estimate of drug-likeness (QED) is 0.251. The third-order valence-electron chi connectivity index (χ3n) is 6.13. The molecule has 9 nitrogen and oxygen atoms in total. The van der Waals surface area contributed by atoms with Crippen molar-refractivity contribution >= 4 is 27.7 Å². The van der Waals surface area contributed by atoms with E-state index in [1.165, 1.54) is 16.4 Å². The maximum atomic E-state index is 14.0. The summed E-state index contributed by atoms with van der Waals surface area (Å²) >= 11 is 0. The number of halogens is 4. The van der Waals surface area contributed by atoms with Crippen LogP contribution in [0.25, 0.3) is 0 Å². The Morgan fingerprint density at radius 2 is 1.56 bits per heavy atom. The van der Waals surface area contributed by atoms with Crippen LogP contribution in [-0.2, 0) is 29.1 Å². The van der Waals surface area contributed by atoms with Crippen molar-refractivity contribution < 1.29 is 49.8 Å². The van der Waals surface area contributed by atoms with Crippen LogP contribution in [0.3, 0.4) is 0 Å². The van der Waals surface area contributed by atoms with Gasteiger partial charge in [0.2, 0.25) is 27.6 Å². The van der Waals surface area contributed by atoms with E-state index in [9.17, 15) is 40.4 Å². The number of hydrogen-bond acceptors (Lipinski definition) is 7. The third kappa shape index (κ3) is 8.26. The first-order valence-electron chi connectivity index (χ1n) is 12.7. The number of nitrogens with zero attached hydrogens (tertiary/aromatic N) is 1. The van der Waals surface area contributed by atoms with Crippen molar-refractivity contribution in [3.8, 4) is 5.75 Å². The minimum Gasteiger partial charge on any atom is -0.479 e. The molecule has 1 saturated heterocycles. The van der Waals surface area contributed by atoms with Crippen LogP contribution < -0.4 is 10.1 Å². The largest absolute Gasteiger partial charge is 0.479 e. The molecule has 1 aliphatic rings. The molecular weight excluding hydrogens is 572 g/mol. The highest BCUT2D eigenvalue weighted by Crippen LogP contribution is 2.27. The minimum atomic E-state index is -3.77. The molecule has 1 aliphatic heterocycles. The number of carbonyl (C=O) groups is 3. The van der Waals surface area contributed by atoms with Crippen LogP contribution in [0.15, 0.2) is 41.3 Å². The zero-order valence-corrected chi connectivity index (χ0v) is 23.4. The highest BCUT2D eigenvalue weighted by Gasteiger charge is 2.35. The van der Waals surface area contributed by atoms with Gasteiger partial charge in [-0.05, 0) is 45.7 Å². The molecule has 2 aromatic carbocycles. The number of esters is 1. The number of ketones is 1. The van der Waals surface area contributed by atoms with Gasteiger partial charge in [-0.1, -0.05) is 18.2 Å². The lowest BCUT2D eigenvalue weighted by molar-refractivity contribution is -0.156. The maximum Gasteiger partial charge on any atom is 0.308 e. The fraction of sp³-hybridized carbons (Fsp3) is 0.444. The lowest BCUT2D eigenvalue weighted by atomic mass is 9.96.